The Morgan fingerprint density at radius 3 is 2.40 bits per heavy atom. The number of carbonyl (C=O) groups is 1. The van der Waals surface area contributed by atoms with Gasteiger partial charge in [-0.3, -0.25) is 4.79 Å². The van der Waals surface area contributed by atoms with E-state index in [4.69, 9.17) is 4.74 Å². The van der Waals surface area contributed by atoms with E-state index in [0.29, 0.717) is 5.75 Å². The highest BCUT2D eigenvalue weighted by atomic mass is 16.5. The lowest BCUT2D eigenvalue weighted by Crippen LogP contribution is -2.00. The predicted octanol–water partition coefficient (Wildman–Crippen LogP) is 3.22. The Morgan fingerprint density at radius 1 is 0.950 bits per heavy atom. The average molecular weight is 264 g/mol. The van der Waals surface area contributed by atoms with Crippen LogP contribution in [-0.2, 0) is 4.79 Å². The normalized spacial score (nSPS) is 10.4. The van der Waals surface area contributed by atoms with Crippen molar-refractivity contribution in [1.82, 2.24) is 9.97 Å². The standard InChI is InChI=1S/C16H12N2O2/c1-11(19)20-16-5-4-12-6-13(2-3-14(12)7-16)15-8-17-10-18-9-15/h2-10H,1H3. The summed E-state index contributed by atoms with van der Waals surface area (Å²) in [7, 11) is 0. The maximum atomic E-state index is 11.0. The number of benzene rings is 2. The Bertz CT molecular complexity index is 770. The van der Waals surface area contributed by atoms with E-state index in [1.54, 1.807) is 18.5 Å². The second-order valence-corrected chi connectivity index (χ2v) is 4.44. The van der Waals surface area contributed by atoms with Gasteiger partial charge in [0.05, 0.1) is 0 Å². The molecular weight excluding hydrogens is 252 g/mol. The van der Waals surface area contributed by atoms with Gasteiger partial charge in [-0.05, 0) is 34.5 Å². The molecule has 0 radical (unpaired) electrons. The number of esters is 1. The van der Waals surface area contributed by atoms with Gasteiger partial charge in [0, 0.05) is 24.9 Å². The molecule has 98 valence electrons. The van der Waals surface area contributed by atoms with Crippen LogP contribution in [0.4, 0.5) is 0 Å². The lowest BCUT2D eigenvalue weighted by Gasteiger charge is -2.06. The molecule has 20 heavy (non-hydrogen) atoms. The fourth-order valence-electron chi connectivity index (χ4n) is 2.08. The molecule has 0 saturated carbocycles. The minimum atomic E-state index is -0.317. The topological polar surface area (TPSA) is 52.1 Å². The van der Waals surface area contributed by atoms with Crippen molar-refractivity contribution in [3.05, 3.63) is 55.1 Å². The van der Waals surface area contributed by atoms with Gasteiger partial charge < -0.3 is 4.74 Å². The van der Waals surface area contributed by atoms with Crippen molar-refractivity contribution in [2.45, 2.75) is 6.92 Å². The first kappa shape index (κ1) is 12.3. The summed E-state index contributed by atoms with van der Waals surface area (Å²) in [6.07, 6.45) is 5.07. The second-order valence-electron chi connectivity index (χ2n) is 4.44. The molecule has 4 nitrogen and oxygen atoms in total. The SMILES string of the molecule is CC(=O)Oc1ccc2cc(-c3cncnc3)ccc2c1. The van der Waals surface area contributed by atoms with Gasteiger partial charge >= 0.3 is 5.97 Å². The lowest BCUT2D eigenvalue weighted by atomic mass is 10.0. The van der Waals surface area contributed by atoms with E-state index in [0.717, 1.165) is 21.9 Å². The third kappa shape index (κ3) is 2.49. The van der Waals surface area contributed by atoms with E-state index in [9.17, 15) is 4.79 Å². The van der Waals surface area contributed by atoms with Gasteiger partial charge in [0.25, 0.3) is 0 Å². The van der Waals surface area contributed by atoms with Crippen LogP contribution in [-0.4, -0.2) is 15.9 Å². The molecule has 4 heteroatoms. The number of carbonyl (C=O) groups excluding carboxylic acids is 1. The van der Waals surface area contributed by atoms with Crippen LogP contribution in [0, 0.1) is 0 Å². The van der Waals surface area contributed by atoms with Crippen LogP contribution < -0.4 is 4.74 Å². The molecule has 2 aromatic carbocycles. The fourth-order valence-corrected chi connectivity index (χ4v) is 2.08. The first-order chi connectivity index (χ1) is 9.72. The highest BCUT2D eigenvalue weighted by Gasteiger charge is 2.03. The van der Waals surface area contributed by atoms with Crippen LogP contribution >= 0.6 is 0 Å². The summed E-state index contributed by atoms with van der Waals surface area (Å²) < 4.78 is 5.08. The number of ether oxygens (including phenoxy) is 1. The minimum Gasteiger partial charge on any atom is -0.427 e. The zero-order valence-electron chi connectivity index (χ0n) is 10.9. The first-order valence-corrected chi connectivity index (χ1v) is 6.20. The van der Waals surface area contributed by atoms with Gasteiger partial charge in [0.1, 0.15) is 12.1 Å². The molecule has 1 aromatic heterocycles. The number of nitrogens with zero attached hydrogens (tertiary/aromatic N) is 2. The van der Waals surface area contributed by atoms with Gasteiger partial charge in [-0.15, -0.1) is 0 Å². The largest absolute Gasteiger partial charge is 0.427 e. The molecule has 0 N–H and O–H groups in total. The molecule has 1 heterocycles. The molecular formula is C16H12N2O2. The van der Waals surface area contributed by atoms with Crippen molar-refractivity contribution < 1.29 is 9.53 Å². The smallest absolute Gasteiger partial charge is 0.308 e. The van der Waals surface area contributed by atoms with Crippen molar-refractivity contribution >= 4 is 16.7 Å². The molecule has 0 spiro atoms. The molecule has 3 rings (SSSR count). The lowest BCUT2D eigenvalue weighted by molar-refractivity contribution is -0.131. The monoisotopic (exact) mass is 264 g/mol. The van der Waals surface area contributed by atoms with Crippen LogP contribution in [0.5, 0.6) is 5.75 Å². The summed E-state index contributed by atoms with van der Waals surface area (Å²) >= 11 is 0. The molecule has 0 aliphatic rings. The first-order valence-electron chi connectivity index (χ1n) is 6.20. The van der Waals surface area contributed by atoms with Gasteiger partial charge in [-0.1, -0.05) is 18.2 Å². The number of aromatic nitrogens is 2. The van der Waals surface area contributed by atoms with Crippen molar-refractivity contribution in [3.8, 4) is 16.9 Å². The molecule has 0 atom stereocenters. The summed E-state index contributed by atoms with van der Waals surface area (Å²) in [6.45, 7) is 1.39. The Balaban J connectivity index is 2.03. The molecule has 0 bridgehead atoms. The van der Waals surface area contributed by atoms with Crippen LogP contribution in [0.1, 0.15) is 6.92 Å². The van der Waals surface area contributed by atoms with Gasteiger partial charge in [-0.2, -0.15) is 0 Å². The molecule has 3 aromatic rings. The van der Waals surface area contributed by atoms with Crippen molar-refractivity contribution in [3.63, 3.8) is 0 Å². The van der Waals surface area contributed by atoms with Crippen molar-refractivity contribution in [1.29, 1.82) is 0 Å². The molecule has 0 aliphatic heterocycles. The van der Waals surface area contributed by atoms with Crippen molar-refractivity contribution in [2.24, 2.45) is 0 Å². The highest BCUT2D eigenvalue weighted by molar-refractivity contribution is 5.88. The van der Waals surface area contributed by atoms with E-state index in [-0.39, 0.29) is 5.97 Å². The van der Waals surface area contributed by atoms with E-state index < -0.39 is 0 Å². The Morgan fingerprint density at radius 2 is 1.65 bits per heavy atom. The Labute approximate surface area is 116 Å². The summed E-state index contributed by atoms with van der Waals surface area (Å²) in [6, 6.07) is 11.6. The van der Waals surface area contributed by atoms with Crippen molar-refractivity contribution in [2.75, 3.05) is 0 Å². The third-order valence-corrected chi connectivity index (χ3v) is 2.97. The maximum absolute atomic E-state index is 11.0. The van der Waals surface area contributed by atoms with E-state index in [1.165, 1.54) is 13.3 Å². The number of rotatable bonds is 2. The summed E-state index contributed by atoms with van der Waals surface area (Å²) in [5, 5.41) is 2.09. The zero-order valence-corrected chi connectivity index (χ0v) is 10.9. The van der Waals surface area contributed by atoms with Crippen LogP contribution in [0.3, 0.4) is 0 Å². The summed E-state index contributed by atoms with van der Waals surface area (Å²) in [4.78, 5) is 19.0. The quantitative estimate of drug-likeness (QED) is 0.526. The highest BCUT2D eigenvalue weighted by Crippen LogP contribution is 2.26. The van der Waals surface area contributed by atoms with Gasteiger partial charge in [0.2, 0.25) is 0 Å². The summed E-state index contributed by atoms with van der Waals surface area (Å²) in [5.41, 5.74) is 2.02. The average Bonchev–Trinajstić information content (AvgIpc) is 2.47. The zero-order chi connectivity index (χ0) is 13.9. The maximum Gasteiger partial charge on any atom is 0.308 e. The van der Waals surface area contributed by atoms with Crippen LogP contribution in [0.25, 0.3) is 21.9 Å². The molecule has 0 aliphatic carbocycles. The molecule has 0 unspecified atom stereocenters. The van der Waals surface area contributed by atoms with E-state index >= 15 is 0 Å². The molecule has 0 saturated heterocycles. The number of hydrogen-bond donors (Lipinski definition) is 0. The minimum absolute atomic E-state index is 0.317. The predicted molar refractivity (Wildman–Crippen MR) is 76.3 cm³/mol. The van der Waals surface area contributed by atoms with Gasteiger partial charge in [0.15, 0.2) is 0 Å². The fraction of sp³-hybridized carbons (Fsp3) is 0.0625. The molecule has 0 fully saturated rings. The Hall–Kier alpha value is -2.75. The number of fused-ring (bicyclic) bond motifs is 1. The van der Waals surface area contributed by atoms with Crippen LogP contribution in [0.15, 0.2) is 55.1 Å². The van der Waals surface area contributed by atoms with E-state index in [2.05, 4.69) is 16.0 Å². The molecule has 0 amide bonds. The Kier molecular flexibility index (Phi) is 3.13. The summed E-state index contributed by atoms with van der Waals surface area (Å²) in [5.74, 6) is 0.239. The van der Waals surface area contributed by atoms with E-state index in [1.807, 2.05) is 24.3 Å². The second kappa shape index (κ2) is 5.09. The number of hydrogen-bond acceptors (Lipinski definition) is 4. The van der Waals surface area contributed by atoms with Crippen LogP contribution in [0.2, 0.25) is 0 Å². The third-order valence-electron chi connectivity index (χ3n) is 2.97. The van der Waals surface area contributed by atoms with Gasteiger partial charge in [-0.25, -0.2) is 9.97 Å².